The highest BCUT2D eigenvalue weighted by atomic mass is 79.9. The summed E-state index contributed by atoms with van der Waals surface area (Å²) < 4.78 is 30.7. The molecule has 0 N–H and O–H groups in total. The Hall–Kier alpha value is -1.17. The van der Waals surface area contributed by atoms with Crippen molar-refractivity contribution in [1.29, 1.82) is 0 Å². The molecule has 5 heteroatoms. The molecule has 0 heterocycles. The predicted octanol–water partition coefficient (Wildman–Crippen LogP) is 4.62. The molecule has 0 atom stereocenters. The summed E-state index contributed by atoms with van der Waals surface area (Å²) in [5.41, 5.74) is 1.50. The van der Waals surface area contributed by atoms with Crippen LogP contribution in [0.15, 0.2) is 57.9 Å². The SMILES string of the molecule is CCCCOS(=O)(=O)c1cc(Br)ccc1-c1ccccc1. The number of halogens is 1. The lowest BCUT2D eigenvalue weighted by atomic mass is 10.1. The third-order valence-corrected chi connectivity index (χ3v) is 4.88. The minimum absolute atomic E-state index is 0.194. The number of hydrogen-bond acceptors (Lipinski definition) is 3. The average molecular weight is 369 g/mol. The molecule has 0 aliphatic carbocycles. The molecule has 0 radical (unpaired) electrons. The van der Waals surface area contributed by atoms with Crippen LogP contribution in [0.4, 0.5) is 0 Å². The van der Waals surface area contributed by atoms with Crippen LogP contribution in [0, 0.1) is 0 Å². The largest absolute Gasteiger partial charge is 0.297 e. The molecule has 0 fully saturated rings. The topological polar surface area (TPSA) is 43.4 Å². The maximum absolute atomic E-state index is 12.4. The van der Waals surface area contributed by atoms with Crippen LogP contribution in [0.3, 0.4) is 0 Å². The van der Waals surface area contributed by atoms with Crippen LogP contribution < -0.4 is 0 Å². The van der Waals surface area contributed by atoms with E-state index in [4.69, 9.17) is 4.18 Å². The average Bonchev–Trinajstić information content (AvgIpc) is 2.48. The summed E-state index contributed by atoms with van der Waals surface area (Å²) in [6.07, 6.45) is 1.60. The van der Waals surface area contributed by atoms with E-state index in [0.717, 1.165) is 12.0 Å². The van der Waals surface area contributed by atoms with Gasteiger partial charge in [0.2, 0.25) is 0 Å². The van der Waals surface area contributed by atoms with E-state index in [9.17, 15) is 8.42 Å². The standard InChI is InChI=1S/C16H17BrO3S/c1-2-3-11-20-21(18,19)16-12-14(17)9-10-15(16)13-7-5-4-6-8-13/h4-10,12H,2-3,11H2,1H3. The Bertz CT molecular complexity index is 697. The van der Waals surface area contributed by atoms with Gasteiger partial charge in [0.25, 0.3) is 10.1 Å². The Morgan fingerprint density at radius 1 is 1.10 bits per heavy atom. The smallest absolute Gasteiger partial charge is 0.266 e. The number of benzene rings is 2. The predicted molar refractivity (Wildman–Crippen MR) is 87.6 cm³/mol. The Kier molecular flexibility index (Phi) is 5.56. The Morgan fingerprint density at radius 2 is 1.81 bits per heavy atom. The second-order valence-electron chi connectivity index (χ2n) is 4.64. The minimum Gasteiger partial charge on any atom is -0.266 e. The van der Waals surface area contributed by atoms with Crippen LogP contribution in [0.1, 0.15) is 19.8 Å². The first-order valence-electron chi connectivity index (χ1n) is 6.79. The summed E-state index contributed by atoms with van der Waals surface area (Å²) in [6, 6.07) is 14.6. The highest BCUT2D eigenvalue weighted by Crippen LogP contribution is 2.31. The van der Waals surface area contributed by atoms with E-state index in [0.29, 0.717) is 16.5 Å². The fourth-order valence-corrected chi connectivity index (χ4v) is 3.64. The van der Waals surface area contributed by atoms with Crippen LogP contribution >= 0.6 is 15.9 Å². The van der Waals surface area contributed by atoms with Crippen molar-refractivity contribution >= 4 is 26.0 Å². The van der Waals surface area contributed by atoms with E-state index in [1.54, 1.807) is 12.1 Å². The fraction of sp³-hybridized carbons (Fsp3) is 0.250. The molecule has 0 aromatic heterocycles. The van der Waals surface area contributed by atoms with Gasteiger partial charge in [-0.25, -0.2) is 0 Å². The van der Waals surface area contributed by atoms with Crippen LogP contribution in [0.5, 0.6) is 0 Å². The molecule has 2 aromatic rings. The van der Waals surface area contributed by atoms with Crippen molar-refractivity contribution in [2.75, 3.05) is 6.61 Å². The Morgan fingerprint density at radius 3 is 2.48 bits per heavy atom. The van der Waals surface area contributed by atoms with Crippen molar-refractivity contribution in [2.24, 2.45) is 0 Å². The number of rotatable bonds is 6. The molecule has 2 aromatic carbocycles. The lowest BCUT2D eigenvalue weighted by molar-refractivity contribution is 0.311. The second kappa shape index (κ2) is 7.20. The highest BCUT2D eigenvalue weighted by Gasteiger charge is 2.20. The van der Waals surface area contributed by atoms with Crippen LogP contribution in [0.2, 0.25) is 0 Å². The summed E-state index contributed by atoms with van der Waals surface area (Å²) in [7, 11) is -3.76. The van der Waals surface area contributed by atoms with E-state index in [1.807, 2.05) is 43.3 Å². The molecule has 0 bridgehead atoms. The molecular formula is C16H17BrO3S. The van der Waals surface area contributed by atoms with E-state index in [-0.39, 0.29) is 11.5 Å². The summed E-state index contributed by atoms with van der Waals surface area (Å²) >= 11 is 3.32. The summed E-state index contributed by atoms with van der Waals surface area (Å²) in [5, 5.41) is 0. The molecule has 0 spiro atoms. The summed E-state index contributed by atoms with van der Waals surface area (Å²) in [6.45, 7) is 2.20. The molecule has 0 saturated carbocycles. The van der Waals surface area contributed by atoms with Gasteiger partial charge in [0.05, 0.1) is 6.61 Å². The summed E-state index contributed by atoms with van der Waals surface area (Å²) in [4.78, 5) is 0.194. The van der Waals surface area contributed by atoms with Crippen molar-refractivity contribution in [3.8, 4) is 11.1 Å². The first-order valence-corrected chi connectivity index (χ1v) is 8.99. The quantitative estimate of drug-likeness (QED) is 0.551. The molecular weight excluding hydrogens is 352 g/mol. The summed E-state index contributed by atoms with van der Waals surface area (Å²) in [5.74, 6) is 0. The van der Waals surface area contributed by atoms with Gasteiger partial charge in [-0.3, -0.25) is 4.18 Å². The van der Waals surface area contributed by atoms with Crippen molar-refractivity contribution in [1.82, 2.24) is 0 Å². The maximum Gasteiger partial charge on any atom is 0.297 e. The van der Waals surface area contributed by atoms with Gasteiger partial charge in [0.1, 0.15) is 4.90 Å². The molecule has 0 aliphatic rings. The minimum atomic E-state index is -3.76. The first-order chi connectivity index (χ1) is 10.0. The zero-order valence-electron chi connectivity index (χ0n) is 11.8. The maximum atomic E-state index is 12.4. The molecule has 0 aliphatic heterocycles. The Labute approximate surface area is 134 Å². The van der Waals surface area contributed by atoms with Gasteiger partial charge in [-0.1, -0.05) is 65.7 Å². The van der Waals surface area contributed by atoms with Gasteiger partial charge in [0.15, 0.2) is 0 Å². The van der Waals surface area contributed by atoms with E-state index < -0.39 is 10.1 Å². The van der Waals surface area contributed by atoms with E-state index in [1.165, 1.54) is 0 Å². The number of hydrogen-bond donors (Lipinski definition) is 0. The molecule has 3 nitrogen and oxygen atoms in total. The van der Waals surface area contributed by atoms with E-state index in [2.05, 4.69) is 15.9 Å². The number of unbranched alkanes of at least 4 members (excludes halogenated alkanes) is 1. The molecule has 21 heavy (non-hydrogen) atoms. The van der Waals surface area contributed by atoms with Crippen molar-refractivity contribution in [3.05, 3.63) is 53.0 Å². The Balaban J connectivity index is 2.45. The first kappa shape index (κ1) is 16.2. The van der Waals surface area contributed by atoms with Crippen LogP contribution in [-0.2, 0) is 14.3 Å². The highest BCUT2D eigenvalue weighted by molar-refractivity contribution is 9.10. The van der Waals surface area contributed by atoms with Gasteiger partial charge in [-0.2, -0.15) is 8.42 Å². The second-order valence-corrected chi connectivity index (χ2v) is 7.14. The molecule has 112 valence electrons. The fourth-order valence-electron chi connectivity index (χ4n) is 1.94. The lowest BCUT2D eigenvalue weighted by Gasteiger charge is -2.11. The molecule has 0 unspecified atom stereocenters. The zero-order valence-corrected chi connectivity index (χ0v) is 14.2. The van der Waals surface area contributed by atoms with Crippen LogP contribution in [-0.4, -0.2) is 15.0 Å². The van der Waals surface area contributed by atoms with Gasteiger partial charge in [0, 0.05) is 10.0 Å². The van der Waals surface area contributed by atoms with Gasteiger partial charge in [-0.05, 0) is 24.1 Å². The van der Waals surface area contributed by atoms with E-state index >= 15 is 0 Å². The molecule has 2 rings (SSSR count). The van der Waals surface area contributed by atoms with Crippen LogP contribution in [0.25, 0.3) is 11.1 Å². The van der Waals surface area contributed by atoms with Gasteiger partial charge >= 0.3 is 0 Å². The lowest BCUT2D eigenvalue weighted by Crippen LogP contribution is -2.09. The van der Waals surface area contributed by atoms with Gasteiger partial charge < -0.3 is 0 Å². The normalized spacial score (nSPS) is 11.5. The molecule has 0 saturated heterocycles. The van der Waals surface area contributed by atoms with Gasteiger partial charge in [-0.15, -0.1) is 0 Å². The third-order valence-electron chi connectivity index (χ3n) is 3.03. The van der Waals surface area contributed by atoms with Crippen molar-refractivity contribution < 1.29 is 12.6 Å². The third kappa shape index (κ3) is 4.15. The zero-order chi connectivity index (χ0) is 15.3. The van der Waals surface area contributed by atoms with Crippen molar-refractivity contribution in [3.63, 3.8) is 0 Å². The van der Waals surface area contributed by atoms with Crippen molar-refractivity contribution in [2.45, 2.75) is 24.7 Å². The molecule has 0 amide bonds. The monoisotopic (exact) mass is 368 g/mol.